The fourth-order valence-electron chi connectivity index (χ4n) is 3.04. The number of hydrogen-bond donors (Lipinski definition) is 1. The molecule has 2 rings (SSSR count). The van der Waals surface area contributed by atoms with Crippen LogP contribution in [0, 0.1) is 11.3 Å². The highest BCUT2D eigenvalue weighted by Crippen LogP contribution is 2.43. The number of halogens is 1. The molecule has 1 N–H and O–H groups in total. The lowest BCUT2D eigenvalue weighted by molar-refractivity contribution is 0.00623. The van der Waals surface area contributed by atoms with Crippen molar-refractivity contribution >= 4 is 22.9 Å². The van der Waals surface area contributed by atoms with Crippen LogP contribution < -0.4 is 0 Å². The molecule has 0 saturated heterocycles. The Labute approximate surface area is 113 Å². The first-order chi connectivity index (χ1) is 8.00. The van der Waals surface area contributed by atoms with Crippen LogP contribution in [-0.2, 0) is 6.42 Å². The lowest BCUT2D eigenvalue weighted by Gasteiger charge is -2.41. The van der Waals surface area contributed by atoms with Gasteiger partial charge in [-0.1, -0.05) is 38.3 Å². The van der Waals surface area contributed by atoms with Gasteiger partial charge in [0.2, 0.25) is 0 Å². The smallest absolute Gasteiger partial charge is 0.0622 e. The Balaban J connectivity index is 2.04. The van der Waals surface area contributed by atoms with Gasteiger partial charge in [-0.05, 0) is 35.6 Å². The highest BCUT2D eigenvalue weighted by atomic mass is 35.5. The van der Waals surface area contributed by atoms with Crippen LogP contribution in [-0.4, -0.2) is 11.2 Å². The van der Waals surface area contributed by atoms with Gasteiger partial charge in [0.05, 0.1) is 11.1 Å². The van der Waals surface area contributed by atoms with E-state index in [4.69, 9.17) is 11.6 Å². The molecule has 1 aromatic heterocycles. The van der Waals surface area contributed by atoms with Crippen LogP contribution in [0.15, 0.2) is 11.4 Å². The van der Waals surface area contributed by atoms with Crippen molar-refractivity contribution in [3.63, 3.8) is 0 Å². The zero-order chi connectivity index (χ0) is 12.5. The maximum absolute atomic E-state index is 10.5. The lowest BCUT2D eigenvalue weighted by atomic mass is 9.66. The largest absolute Gasteiger partial charge is 0.392 e. The third-order valence-corrected chi connectivity index (χ3v) is 5.55. The molecule has 0 spiro atoms. The van der Waals surface area contributed by atoms with Crippen molar-refractivity contribution in [3.8, 4) is 0 Å². The van der Waals surface area contributed by atoms with Gasteiger partial charge in [0.25, 0.3) is 0 Å². The van der Waals surface area contributed by atoms with Crippen molar-refractivity contribution < 1.29 is 5.11 Å². The average Bonchev–Trinajstić information content (AvgIpc) is 2.63. The van der Waals surface area contributed by atoms with Crippen LogP contribution in [0.5, 0.6) is 0 Å². The van der Waals surface area contributed by atoms with Crippen LogP contribution in [0.25, 0.3) is 0 Å². The third-order valence-electron chi connectivity index (χ3n) is 4.14. The minimum atomic E-state index is -0.249. The monoisotopic (exact) mass is 272 g/mol. The highest BCUT2D eigenvalue weighted by Gasteiger charge is 2.36. The summed E-state index contributed by atoms with van der Waals surface area (Å²) in [6.07, 6.45) is 5.40. The van der Waals surface area contributed by atoms with Crippen molar-refractivity contribution in [2.24, 2.45) is 11.3 Å². The van der Waals surface area contributed by atoms with E-state index in [1.165, 1.54) is 19.3 Å². The number of hydrogen-bond acceptors (Lipinski definition) is 2. The fourth-order valence-corrected chi connectivity index (χ4v) is 4.20. The Kier molecular flexibility index (Phi) is 4.17. The van der Waals surface area contributed by atoms with E-state index in [9.17, 15) is 5.11 Å². The van der Waals surface area contributed by atoms with Crippen LogP contribution in [0.2, 0.25) is 5.02 Å². The Morgan fingerprint density at radius 2 is 2.29 bits per heavy atom. The van der Waals surface area contributed by atoms with E-state index in [1.807, 2.05) is 11.4 Å². The zero-order valence-corrected chi connectivity index (χ0v) is 12.2. The van der Waals surface area contributed by atoms with Gasteiger partial charge in [0.15, 0.2) is 0 Å². The topological polar surface area (TPSA) is 20.2 Å². The minimum absolute atomic E-state index is 0.249. The summed E-state index contributed by atoms with van der Waals surface area (Å²) in [5, 5.41) is 13.3. The number of aliphatic hydroxyl groups excluding tert-OH is 1. The van der Waals surface area contributed by atoms with Gasteiger partial charge in [0.1, 0.15) is 0 Å². The summed E-state index contributed by atoms with van der Waals surface area (Å²) in [5.74, 6) is 0.411. The molecule has 0 aromatic carbocycles. The van der Waals surface area contributed by atoms with Crippen molar-refractivity contribution in [3.05, 3.63) is 21.3 Å². The van der Waals surface area contributed by atoms with E-state index in [0.717, 1.165) is 16.3 Å². The number of rotatable bonds is 3. The summed E-state index contributed by atoms with van der Waals surface area (Å²) < 4.78 is 0. The van der Waals surface area contributed by atoms with Crippen molar-refractivity contribution in [2.75, 3.05) is 0 Å². The summed E-state index contributed by atoms with van der Waals surface area (Å²) in [6, 6.07) is 1.92. The Hall–Kier alpha value is -0.0500. The first-order valence-corrected chi connectivity index (χ1v) is 7.66. The predicted octanol–water partition coefficient (Wildman–Crippen LogP) is 4.52. The Morgan fingerprint density at radius 1 is 1.53 bits per heavy atom. The Morgan fingerprint density at radius 3 is 2.88 bits per heavy atom. The molecule has 1 aliphatic carbocycles. The number of aliphatic hydroxyl groups is 1. The van der Waals surface area contributed by atoms with Crippen LogP contribution in [0.4, 0.5) is 0 Å². The SMILES string of the molecule is CC1(C)CCCCC1C(O)Cc1sccc1Cl. The molecule has 96 valence electrons. The lowest BCUT2D eigenvalue weighted by Crippen LogP contribution is -2.37. The Bertz CT molecular complexity index is 372. The van der Waals surface area contributed by atoms with Gasteiger partial charge in [-0.15, -0.1) is 11.3 Å². The van der Waals surface area contributed by atoms with Crippen LogP contribution in [0.1, 0.15) is 44.4 Å². The maximum Gasteiger partial charge on any atom is 0.0622 e. The van der Waals surface area contributed by atoms with E-state index in [1.54, 1.807) is 11.3 Å². The van der Waals surface area contributed by atoms with Crippen LogP contribution >= 0.6 is 22.9 Å². The molecule has 2 unspecified atom stereocenters. The van der Waals surface area contributed by atoms with Crippen molar-refractivity contribution in [1.82, 2.24) is 0 Å². The molecule has 0 aliphatic heterocycles. The van der Waals surface area contributed by atoms with Crippen molar-refractivity contribution in [1.29, 1.82) is 0 Å². The molecule has 2 atom stereocenters. The highest BCUT2D eigenvalue weighted by molar-refractivity contribution is 7.10. The molecule has 0 bridgehead atoms. The molecule has 1 aliphatic rings. The fraction of sp³-hybridized carbons (Fsp3) is 0.714. The summed E-state index contributed by atoms with van der Waals surface area (Å²) in [6.45, 7) is 4.58. The molecule has 1 saturated carbocycles. The average molecular weight is 273 g/mol. The second-order valence-electron chi connectivity index (χ2n) is 5.80. The summed E-state index contributed by atoms with van der Waals surface area (Å²) in [7, 11) is 0. The molecule has 1 fully saturated rings. The minimum Gasteiger partial charge on any atom is -0.392 e. The predicted molar refractivity (Wildman–Crippen MR) is 74.8 cm³/mol. The van der Waals surface area contributed by atoms with Gasteiger partial charge in [-0.2, -0.15) is 0 Å². The first-order valence-electron chi connectivity index (χ1n) is 6.40. The van der Waals surface area contributed by atoms with E-state index < -0.39 is 0 Å². The standard InChI is InChI=1S/C14H21ClOS/c1-14(2)7-4-3-5-10(14)12(16)9-13-11(15)6-8-17-13/h6,8,10,12,16H,3-5,7,9H2,1-2H3. The molecule has 3 heteroatoms. The van der Waals surface area contributed by atoms with Gasteiger partial charge < -0.3 is 5.11 Å². The molecule has 0 amide bonds. The molecule has 0 radical (unpaired) electrons. The summed E-state index contributed by atoms with van der Waals surface area (Å²) in [4.78, 5) is 1.13. The second-order valence-corrected chi connectivity index (χ2v) is 7.21. The molecule has 1 nitrogen and oxygen atoms in total. The maximum atomic E-state index is 10.5. The first kappa shape index (κ1) is 13.4. The van der Waals surface area contributed by atoms with Gasteiger partial charge >= 0.3 is 0 Å². The second kappa shape index (κ2) is 5.29. The van der Waals surface area contributed by atoms with Crippen LogP contribution in [0.3, 0.4) is 0 Å². The van der Waals surface area contributed by atoms with E-state index in [0.29, 0.717) is 12.3 Å². The normalized spacial score (nSPS) is 25.8. The van der Waals surface area contributed by atoms with Gasteiger partial charge in [-0.3, -0.25) is 0 Å². The van der Waals surface area contributed by atoms with Crippen molar-refractivity contribution in [2.45, 2.75) is 52.1 Å². The van der Waals surface area contributed by atoms with Gasteiger partial charge in [0, 0.05) is 11.3 Å². The quantitative estimate of drug-likeness (QED) is 0.858. The zero-order valence-electron chi connectivity index (χ0n) is 10.6. The molecular formula is C14H21ClOS. The third kappa shape index (κ3) is 3.04. The van der Waals surface area contributed by atoms with E-state index in [2.05, 4.69) is 13.8 Å². The summed E-state index contributed by atoms with van der Waals surface area (Å²) in [5.41, 5.74) is 0.265. The molecular weight excluding hydrogens is 252 g/mol. The number of thiophene rings is 1. The van der Waals surface area contributed by atoms with Gasteiger partial charge in [-0.25, -0.2) is 0 Å². The van der Waals surface area contributed by atoms with E-state index in [-0.39, 0.29) is 11.5 Å². The molecule has 17 heavy (non-hydrogen) atoms. The molecule has 1 aromatic rings. The molecule has 1 heterocycles. The van der Waals surface area contributed by atoms with E-state index >= 15 is 0 Å². The summed E-state index contributed by atoms with van der Waals surface area (Å²) >= 11 is 7.74.